The molecule has 150 heavy (non-hydrogen) atoms. The first-order valence-corrected chi connectivity index (χ1v) is 54.5. The average Bonchev–Trinajstić information content (AvgIpc) is 1.07. The van der Waals surface area contributed by atoms with Crippen molar-refractivity contribution in [3.05, 3.63) is 248 Å². The van der Waals surface area contributed by atoms with Crippen LogP contribution in [0.5, 0.6) is 46.1 Å². The summed E-state index contributed by atoms with van der Waals surface area (Å²) >= 11 is 0. The highest BCUT2D eigenvalue weighted by atomic mass is 19.3. The number of anilines is 1. The first-order chi connectivity index (χ1) is 69.9. The molecule has 0 bridgehead atoms. The Morgan fingerprint density at radius 3 is 1.20 bits per heavy atom. The molecular formula is C126H175F10N5O9. The van der Waals surface area contributed by atoms with Gasteiger partial charge in [0.2, 0.25) is 0 Å². The number of pyridine rings is 3. The van der Waals surface area contributed by atoms with Crippen molar-refractivity contribution in [2.75, 3.05) is 97.1 Å². The second-order valence-electron chi connectivity index (χ2n) is 51.8. The third-order valence-electron chi connectivity index (χ3n) is 27.5. The fraction of sp³-hybridized carbons (Fsp3) is 0.595. The maximum Gasteiger partial charge on any atom is 0.267 e. The van der Waals surface area contributed by atoms with Crippen LogP contribution in [0.4, 0.5) is 49.6 Å². The molecule has 0 amide bonds. The van der Waals surface area contributed by atoms with Crippen LogP contribution in [0, 0.1) is 81.7 Å². The number of alkyl halides is 2. The van der Waals surface area contributed by atoms with Gasteiger partial charge in [0.15, 0.2) is 57.8 Å². The molecule has 9 aromatic rings. The molecule has 24 heteroatoms. The van der Waals surface area contributed by atoms with Gasteiger partial charge in [-0.15, -0.1) is 0 Å². The van der Waals surface area contributed by atoms with Crippen LogP contribution in [0.1, 0.15) is 359 Å². The highest BCUT2D eigenvalue weighted by molar-refractivity contribution is 5.52. The van der Waals surface area contributed by atoms with E-state index in [1.54, 1.807) is 48.7 Å². The molecule has 3 aromatic heterocycles. The Morgan fingerprint density at radius 2 is 0.747 bits per heavy atom. The van der Waals surface area contributed by atoms with Gasteiger partial charge in [0.25, 0.3) is 18.3 Å². The van der Waals surface area contributed by atoms with Crippen molar-refractivity contribution >= 4 is 5.69 Å². The smallest absolute Gasteiger partial charge is 0.267 e. The Hall–Kier alpha value is -9.81. The Bertz CT molecular complexity index is 5550. The van der Waals surface area contributed by atoms with Gasteiger partial charge in [-0.3, -0.25) is 9.88 Å². The number of benzene rings is 6. The lowest BCUT2D eigenvalue weighted by atomic mass is 9.86. The average molecular weight is 2090 g/mol. The molecule has 5 heterocycles. The molecule has 0 unspecified atom stereocenters. The van der Waals surface area contributed by atoms with Crippen molar-refractivity contribution < 1.29 is 86.5 Å². The molecule has 0 atom stereocenters. The molecule has 6 aromatic carbocycles. The van der Waals surface area contributed by atoms with Gasteiger partial charge >= 0.3 is 0 Å². The molecule has 9 fully saturated rings. The first-order valence-electron chi connectivity index (χ1n) is 54.5. The predicted molar refractivity (Wildman–Crippen MR) is 586 cm³/mol. The van der Waals surface area contributed by atoms with Crippen molar-refractivity contribution in [2.24, 2.45) is 35.0 Å². The zero-order valence-corrected chi connectivity index (χ0v) is 95.3. The van der Waals surface area contributed by atoms with Crippen LogP contribution < -0.4 is 42.8 Å². The molecule has 0 radical (unpaired) electrons. The van der Waals surface area contributed by atoms with Gasteiger partial charge < -0.3 is 47.5 Å². The van der Waals surface area contributed by atoms with Crippen molar-refractivity contribution in [1.82, 2.24) is 19.9 Å². The van der Waals surface area contributed by atoms with Crippen LogP contribution in [0.25, 0.3) is 0 Å². The molecule has 2 aliphatic heterocycles. The topological polar surface area (TPSA) is 128 Å². The van der Waals surface area contributed by atoms with E-state index < -0.39 is 12.4 Å². The van der Waals surface area contributed by atoms with E-state index in [1.807, 2.05) is 54.6 Å². The van der Waals surface area contributed by atoms with E-state index in [9.17, 15) is 43.9 Å². The fourth-order valence-electron chi connectivity index (χ4n) is 15.1. The quantitative estimate of drug-likeness (QED) is 0.0377. The Morgan fingerprint density at radius 1 is 0.347 bits per heavy atom. The predicted octanol–water partition coefficient (Wildman–Crippen LogP) is 33.1. The van der Waals surface area contributed by atoms with Crippen LogP contribution in [0.3, 0.4) is 0 Å². The first kappa shape index (κ1) is 122. The van der Waals surface area contributed by atoms with E-state index in [-0.39, 0.29) is 112 Å². The molecule has 9 aliphatic rings. The summed E-state index contributed by atoms with van der Waals surface area (Å²) in [6.07, 6.45) is 19.5. The molecule has 828 valence electrons. The zero-order chi connectivity index (χ0) is 110. The highest BCUT2D eigenvalue weighted by Crippen LogP contribution is 2.47. The number of morpholine rings is 1. The van der Waals surface area contributed by atoms with Crippen molar-refractivity contribution in [3.63, 3.8) is 0 Å². The summed E-state index contributed by atoms with van der Waals surface area (Å²) in [4.78, 5) is 16.5. The molecule has 7 aliphatic carbocycles. The van der Waals surface area contributed by atoms with Crippen LogP contribution in [0.2, 0.25) is 0 Å². The van der Waals surface area contributed by atoms with E-state index in [0.29, 0.717) is 109 Å². The lowest BCUT2D eigenvalue weighted by Gasteiger charge is -2.26. The van der Waals surface area contributed by atoms with Gasteiger partial charge in [0.1, 0.15) is 29.7 Å². The lowest BCUT2D eigenvalue weighted by Crippen LogP contribution is -2.38. The zero-order valence-electron chi connectivity index (χ0n) is 95.3. The third kappa shape index (κ3) is 42.6. The van der Waals surface area contributed by atoms with Gasteiger partial charge in [-0.25, -0.2) is 49.5 Å². The standard InChI is InChI=1S/C16H24FNO2.C15H20F2O.C15H21FO.C14H20FN.C14H19FO.3C13H18FNO.C13H17FO/c1-16(2,3)13-4-5-14(17)15(12-13)20-11-8-18-6-9-19-10-7-18;1-15(2,3)11-6-7-12(14(16)17)13(8-11)18-9-10-4-5-10;1-14(2,3)11-5-6-12(16)13(9-11)17-10-15(4)7-8-15;1-14(2,3)11-6-7-12(15)13(10-11)16-8-4-5-9-16;1-14(2,3)11-6-12(15)8-13(7-11)16-9-10-4-5-10;1-13(2,3)12-6-11(10(14)7-15-12)16-8-9-4-5-9;1-13(2,3)10-6-11(12(14)15-7-10)16-8-9-4-5-9;1-13(2,3)11-7-6-10(14)12(15-11)16-8-9-4-5-9;1-13(2,3)9-4-7-11(14)12(8-9)15-10-5-6-10/h4-5,12H,6-11H2,1-3H3;6-8,10,14H,4-5,9H2,1-3H3;5-6,9H,7-8,10H2,1-4H3;6-7,10H,4-5,8-9H2,1-3H3;6-8,10H,4-5,9H2,1-3H3;3*6-7,9H,4-5,8H2,1-3H3;4,7-8,10H,5-6H2,1-3H3. The lowest BCUT2D eigenvalue weighted by molar-refractivity contribution is 0.0320. The van der Waals surface area contributed by atoms with E-state index in [1.165, 1.54) is 125 Å². The van der Waals surface area contributed by atoms with Crippen LogP contribution >= 0.6 is 0 Å². The molecule has 2 saturated heterocycles. The SMILES string of the molecule is CC(C)(C)c1cc(F)cc(OCC2CC2)c1.CC(C)(C)c1cc(OCC2CC2)c(F)cn1.CC(C)(C)c1ccc(C(F)F)c(OCC2CC2)c1.CC(C)(C)c1ccc(F)c(N2CCCC2)c1.CC(C)(C)c1ccc(F)c(OC2CC2)c1.CC(C)(C)c1ccc(F)c(OCC2CC2)n1.CC(C)(C)c1ccc(F)c(OCCN2CCOCC2)c1.CC(C)(C)c1cnc(F)c(OCC2CC2)c1.CC1(COc2cc(C(C)(C)C)ccc2F)CC1. The highest BCUT2D eigenvalue weighted by Gasteiger charge is 2.39. The molecule has 18 rings (SSSR count). The van der Waals surface area contributed by atoms with E-state index >= 15 is 0 Å². The van der Waals surface area contributed by atoms with Crippen LogP contribution in [0.15, 0.2) is 146 Å². The summed E-state index contributed by atoms with van der Waals surface area (Å²) in [6, 6.07) is 37.7. The van der Waals surface area contributed by atoms with E-state index in [2.05, 4.69) is 219 Å². The number of nitrogens with zero attached hydrogens (tertiary/aromatic N) is 5. The number of hydrogen-bond donors (Lipinski definition) is 0. The largest absolute Gasteiger partial charge is 0.493 e. The minimum absolute atomic E-state index is 0.00338. The van der Waals surface area contributed by atoms with E-state index in [0.717, 1.165) is 129 Å². The second-order valence-corrected chi connectivity index (χ2v) is 51.8. The molecule has 0 spiro atoms. The summed E-state index contributed by atoms with van der Waals surface area (Å²) in [5, 5.41) is 0. The number of halogens is 10. The number of rotatable bonds is 26. The summed E-state index contributed by atoms with van der Waals surface area (Å²) < 4.78 is 184. The molecule has 0 N–H and O–H groups in total. The molecular weight excluding hydrogens is 1920 g/mol. The number of hydrogen-bond acceptors (Lipinski definition) is 14. The van der Waals surface area contributed by atoms with E-state index in [4.69, 9.17) is 42.6 Å². The molecule has 14 nitrogen and oxygen atoms in total. The fourth-order valence-corrected chi connectivity index (χ4v) is 15.1. The Kier molecular flexibility index (Phi) is 43.0. The Labute approximate surface area is 891 Å². The minimum Gasteiger partial charge on any atom is -0.493 e. The van der Waals surface area contributed by atoms with Gasteiger partial charge in [-0.2, -0.15) is 4.39 Å². The summed E-state index contributed by atoms with van der Waals surface area (Å²) in [7, 11) is 0. The van der Waals surface area contributed by atoms with Crippen molar-refractivity contribution in [1.29, 1.82) is 0 Å². The van der Waals surface area contributed by atoms with Crippen LogP contribution in [-0.2, 0) is 53.5 Å². The maximum absolute atomic E-state index is 13.8. The normalized spacial score (nSPS) is 16.6. The summed E-state index contributed by atoms with van der Waals surface area (Å²) in [5.74, 6) is 3.73. The third-order valence-corrected chi connectivity index (χ3v) is 27.5. The van der Waals surface area contributed by atoms with Crippen molar-refractivity contribution in [2.45, 2.75) is 358 Å². The van der Waals surface area contributed by atoms with Gasteiger partial charge in [-0.1, -0.05) is 224 Å². The monoisotopic (exact) mass is 2090 g/mol. The maximum atomic E-state index is 13.8. The molecule has 7 saturated carbocycles. The minimum atomic E-state index is -2.48. The van der Waals surface area contributed by atoms with Crippen molar-refractivity contribution in [3.8, 4) is 46.1 Å². The number of aromatic nitrogens is 3. The second kappa shape index (κ2) is 52.9. The van der Waals surface area contributed by atoms with Gasteiger partial charge in [0, 0.05) is 78.7 Å². The van der Waals surface area contributed by atoms with Gasteiger partial charge in [0.05, 0.1) is 76.4 Å². The number of ether oxygens (including phenoxy) is 9. The van der Waals surface area contributed by atoms with Crippen LogP contribution in [-0.4, -0.2) is 118 Å². The van der Waals surface area contributed by atoms with Gasteiger partial charge in [-0.05, 0) is 300 Å². The summed E-state index contributed by atoms with van der Waals surface area (Å²) in [5.41, 5.74) is 10.2. The Balaban J connectivity index is 0.000000173. The summed E-state index contributed by atoms with van der Waals surface area (Å²) in [6.45, 7) is 69.1.